The van der Waals surface area contributed by atoms with Crippen LogP contribution in [0.5, 0.6) is 11.5 Å². The fourth-order valence-electron chi connectivity index (χ4n) is 4.47. The third-order valence-electron chi connectivity index (χ3n) is 6.81. The fourth-order valence-corrected chi connectivity index (χ4v) is 5.07. The smallest absolute Gasteiger partial charge is 0.303 e. The molecule has 0 aliphatic carbocycles. The van der Waals surface area contributed by atoms with Crippen molar-refractivity contribution in [2.24, 2.45) is 0 Å². The van der Waals surface area contributed by atoms with Crippen LogP contribution in [-0.2, 0) is 10.7 Å². The SMILES string of the molecule is COc1cc2nc(C)nc(N[C@H](C)c3cccc(C(F)(F)C(C)(C)O)c3F)c2cc1OC[C@@]1([SiH3])CNCCO1. The third-order valence-corrected chi connectivity index (χ3v) is 7.74. The van der Waals surface area contributed by atoms with Crippen LogP contribution in [0.3, 0.4) is 0 Å². The summed E-state index contributed by atoms with van der Waals surface area (Å²) >= 11 is 0. The molecule has 2 atom stereocenters. The number of rotatable bonds is 9. The maximum Gasteiger partial charge on any atom is 0.303 e. The Labute approximate surface area is 228 Å². The largest absolute Gasteiger partial charge is 0.493 e. The number of hydrogen-bond donors (Lipinski definition) is 3. The van der Waals surface area contributed by atoms with Gasteiger partial charge in [-0.15, -0.1) is 0 Å². The molecule has 0 spiro atoms. The number of morpholine rings is 1. The van der Waals surface area contributed by atoms with Crippen molar-refractivity contribution in [2.75, 3.05) is 38.7 Å². The molecule has 1 aliphatic rings. The molecule has 39 heavy (non-hydrogen) atoms. The second kappa shape index (κ2) is 10.9. The lowest BCUT2D eigenvalue weighted by Crippen LogP contribution is -2.53. The normalized spacial score (nSPS) is 19.2. The maximum atomic E-state index is 15.4. The first-order chi connectivity index (χ1) is 18.3. The van der Waals surface area contributed by atoms with Crippen molar-refractivity contribution in [1.82, 2.24) is 15.3 Å². The molecule has 2 aromatic carbocycles. The van der Waals surface area contributed by atoms with Gasteiger partial charge in [-0.25, -0.2) is 14.4 Å². The maximum absolute atomic E-state index is 15.4. The molecule has 3 aromatic rings. The minimum atomic E-state index is -3.80. The highest BCUT2D eigenvalue weighted by molar-refractivity contribution is 6.15. The Bertz CT molecular complexity index is 1350. The zero-order valence-corrected chi connectivity index (χ0v) is 25.0. The molecule has 4 rings (SSSR count). The zero-order valence-electron chi connectivity index (χ0n) is 23.0. The van der Waals surface area contributed by atoms with E-state index in [1.165, 1.54) is 19.2 Å². The lowest BCUT2D eigenvalue weighted by atomic mass is 9.91. The summed E-state index contributed by atoms with van der Waals surface area (Å²) in [5.41, 5.74) is -2.75. The summed E-state index contributed by atoms with van der Waals surface area (Å²) in [5.74, 6) is -3.10. The summed E-state index contributed by atoms with van der Waals surface area (Å²) < 4.78 is 62.7. The van der Waals surface area contributed by atoms with Crippen molar-refractivity contribution in [1.29, 1.82) is 0 Å². The molecule has 2 heterocycles. The van der Waals surface area contributed by atoms with E-state index in [1.807, 2.05) is 0 Å². The highest BCUT2D eigenvalue weighted by Gasteiger charge is 2.49. The van der Waals surface area contributed by atoms with Gasteiger partial charge in [-0.2, -0.15) is 8.78 Å². The molecule has 0 unspecified atom stereocenters. The number of anilines is 1. The lowest BCUT2D eigenvalue weighted by Gasteiger charge is -2.34. The Kier molecular flexibility index (Phi) is 8.13. The van der Waals surface area contributed by atoms with Crippen molar-refractivity contribution >= 4 is 27.0 Å². The Morgan fingerprint density at radius 3 is 2.64 bits per heavy atom. The molecule has 0 bridgehead atoms. The van der Waals surface area contributed by atoms with Gasteiger partial charge in [-0.1, -0.05) is 12.1 Å². The van der Waals surface area contributed by atoms with Gasteiger partial charge in [0.15, 0.2) is 11.5 Å². The van der Waals surface area contributed by atoms with Crippen molar-refractivity contribution in [3.8, 4) is 11.5 Å². The highest BCUT2D eigenvalue weighted by atomic mass is 28.1. The summed E-state index contributed by atoms with van der Waals surface area (Å²) in [7, 11) is 2.29. The van der Waals surface area contributed by atoms with Gasteiger partial charge >= 0.3 is 5.92 Å². The van der Waals surface area contributed by atoms with E-state index >= 15 is 4.39 Å². The molecular weight excluding hydrogens is 529 g/mol. The Balaban J connectivity index is 1.69. The van der Waals surface area contributed by atoms with Crippen LogP contribution in [0.1, 0.15) is 43.8 Å². The van der Waals surface area contributed by atoms with Crippen molar-refractivity contribution in [3.63, 3.8) is 0 Å². The number of aryl methyl sites for hydroxylation is 1. The second-order valence-electron chi connectivity index (χ2n) is 10.6. The van der Waals surface area contributed by atoms with Gasteiger partial charge in [-0.3, -0.25) is 0 Å². The van der Waals surface area contributed by atoms with Crippen LogP contribution in [-0.4, -0.2) is 69.6 Å². The summed E-state index contributed by atoms with van der Waals surface area (Å²) in [6.45, 7) is 7.69. The Morgan fingerprint density at radius 2 is 2.00 bits per heavy atom. The van der Waals surface area contributed by atoms with Gasteiger partial charge in [0.2, 0.25) is 0 Å². The number of hydrogen-bond acceptors (Lipinski definition) is 8. The first-order valence-corrected chi connectivity index (χ1v) is 13.8. The Morgan fingerprint density at radius 1 is 1.26 bits per heavy atom. The van der Waals surface area contributed by atoms with Crippen LogP contribution < -0.4 is 20.1 Å². The van der Waals surface area contributed by atoms with Crippen LogP contribution in [0, 0.1) is 12.7 Å². The molecule has 3 N–H and O–H groups in total. The van der Waals surface area contributed by atoms with Gasteiger partial charge in [-0.05, 0) is 39.8 Å². The molecule has 1 aromatic heterocycles. The number of alkyl halides is 2. The Hall–Kier alpha value is -2.93. The van der Waals surface area contributed by atoms with E-state index in [0.29, 0.717) is 53.8 Å². The highest BCUT2D eigenvalue weighted by Crippen LogP contribution is 2.42. The van der Waals surface area contributed by atoms with Gasteiger partial charge < -0.3 is 30.0 Å². The number of aromatic nitrogens is 2. The molecule has 212 valence electrons. The minimum absolute atomic E-state index is 0.00524. The van der Waals surface area contributed by atoms with Crippen LogP contribution in [0.4, 0.5) is 19.0 Å². The summed E-state index contributed by atoms with van der Waals surface area (Å²) in [4.78, 5) is 9.02. The molecule has 0 amide bonds. The van der Waals surface area contributed by atoms with Gasteiger partial charge in [0, 0.05) is 40.3 Å². The van der Waals surface area contributed by atoms with E-state index in [-0.39, 0.29) is 10.8 Å². The molecule has 1 aliphatic heterocycles. The van der Waals surface area contributed by atoms with Crippen LogP contribution >= 0.6 is 0 Å². The molecule has 0 saturated carbocycles. The average molecular weight is 565 g/mol. The van der Waals surface area contributed by atoms with E-state index in [1.54, 1.807) is 26.0 Å². The first kappa shape index (κ1) is 29.1. The summed E-state index contributed by atoms with van der Waals surface area (Å²) in [6, 6.07) is 6.49. The van der Waals surface area contributed by atoms with Crippen LogP contribution in [0.15, 0.2) is 30.3 Å². The summed E-state index contributed by atoms with van der Waals surface area (Å²) in [5, 5.41) is 16.7. The number of aliphatic hydroxyl groups is 1. The van der Waals surface area contributed by atoms with Crippen LogP contribution in [0.2, 0.25) is 0 Å². The van der Waals surface area contributed by atoms with Gasteiger partial charge in [0.05, 0.1) is 36.1 Å². The van der Waals surface area contributed by atoms with Crippen molar-refractivity contribution < 1.29 is 32.5 Å². The van der Waals surface area contributed by atoms with E-state index in [0.717, 1.165) is 36.7 Å². The fraction of sp³-hybridized carbons (Fsp3) is 0.481. The number of benzene rings is 2. The molecule has 1 fully saturated rings. The van der Waals surface area contributed by atoms with E-state index in [4.69, 9.17) is 14.2 Å². The monoisotopic (exact) mass is 564 g/mol. The number of halogens is 3. The predicted octanol–water partition coefficient (Wildman–Crippen LogP) is 3.18. The minimum Gasteiger partial charge on any atom is -0.493 e. The number of nitrogens with zero attached hydrogens (tertiary/aromatic N) is 2. The molecule has 1 saturated heterocycles. The third kappa shape index (κ3) is 5.98. The number of fused-ring (bicyclic) bond motifs is 1. The topological polar surface area (TPSA) is 97.8 Å². The second-order valence-corrected chi connectivity index (χ2v) is 12.4. The lowest BCUT2D eigenvalue weighted by molar-refractivity contribution is -0.170. The van der Waals surface area contributed by atoms with E-state index in [2.05, 4.69) is 20.6 Å². The molecule has 12 heteroatoms. The standard InChI is InChI=1S/C27H35F3N4O4Si/c1-15(17-7-6-8-19(23(17)28)27(29,30)25(3,4)35)32-24-18-11-22(37-14-26(39)13-31-9-10-38-26)21(36-5)12-20(18)33-16(2)34-24/h6-8,11-12,15,31,35H,9-10,13-14H2,1-5,39H3,(H,32,33,34)/t15-,26+/m1/s1. The first-order valence-electron chi connectivity index (χ1n) is 12.8. The predicted molar refractivity (Wildman–Crippen MR) is 146 cm³/mol. The molecular formula is C27H35F3N4O4Si. The molecule has 8 nitrogen and oxygen atoms in total. The quantitative estimate of drug-likeness (QED) is 0.341. The van der Waals surface area contributed by atoms with Gasteiger partial charge in [0.25, 0.3) is 0 Å². The van der Waals surface area contributed by atoms with Crippen molar-refractivity contribution in [3.05, 3.63) is 53.1 Å². The van der Waals surface area contributed by atoms with E-state index in [9.17, 15) is 13.9 Å². The van der Waals surface area contributed by atoms with Crippen LogP contribution in [0.25, 0.3) is 10.9 Å². The molecule has 0 radical (unpaired) electrons. The number of methoxy groups -OCH3 is 1. The number of ether oxygens (including phenoxy) is 3. The zero-order chi connectivity index (χ0) is 28.6. The van der Waals surface area contributed by atoms with Gasteiger partial charge in [0.1, 0.15) is 29.7 Å². The van der Waals surface area contributed by atoms with E-state index < -0.39 is 28.9 Å². The number of nitrogens with one attached hydrogen (secondary N) is 2. The summed E-state index contributed by atoms with van der Waals surface area (Å²) in [6.07, 6.45) is 0. The van der Waals surface area contributed by atoms with Crippen molar-refractivity contribution in [2.45, 2.75) is 50.5 Å². The average Bonchev–Trinajstić information content (AvgIpc) is 2.86.